The van der Waals surface area contributed by atoms with Crippen LogP contribution in [-0.2, 0) is 10.0 Å². The molecule has 24 heavy (non-hydrogen) atoms. The topological polar surface area (TPSA) is 78.5 Å². The summed E-state index contributed by atoms with van der Waals surface area (Å²) in [6.45, 7) is 4.66. The first-order chi connectivity index (χ1) is 11.3. The fraction of sp³-hybridized carbons (Fsp3) is 0.562. The number of hydrogen-bond donors (Lipinski definition) is 2. The van der Waals surface area contributed by atoms with Gasteiger partial charge in [0.05, 0.1) is 5.25 Å². The number of anilines is 1. The van der Waals surface area contributed by atoms with Crippen molar-refractivity contribution in [1.82, 2.24) is 9.62 Å². The van der Waals surface area contributed by atoms with E-state index in [0.29, 0.717) is 25.3 Å². The van der Waals surface area contributed by atoms with Gasteiger partial charge in [0, 0.05) is 25.3 Å². The first-order valence-electron chi connectivity index (χ1n) is 8.08. The maximum atomic E-state index is 13.2. The molecule has 1 aromatic rings. The normalized spacial score (nSPS) is 18.7. The molecular weight excluding hydrogens is 333 g/mol. The average molecular weight is 357 g/mol. The van der Waals surface area contributed by atoms with E-state index in [4.69, 9.17) is 0 Å². The van der Waals surface area contributed by atoms with Crippen molar-refractivity contribution in [3.63, 3.8) is 0 Å². The van der Waals surface area contributed by atoms with Crippen LogP contribution in [0.15, 0.2) is 24.3 Å². The van der Waals surface area contributed by atoms with E-state index in [9.17, 15) is 17.6 Å². The molecule has 6 nitrogen and oxygen atoms in total. The molecule has 1 atom stereocenters. The summed E-state index contributed by atoms with van der Waals surface area (Å²) in [6, 6.07) is 5.44. The molecule has 1 aliphatic rings. The van der Waals surface area contributed by atoms with Crippen molar-refractivity contribution in [1.29, 1.82) is 0 Å². The quantitative estimate of drug-likeness (QED) is 0.849. The summed E-state index contributed by atoms with van der Waals surface area (Å²) in [5.41, 5.74) is 0.405. The molecule has 2 rings (SSSR count). The van der Waals surface area contributed by atoms with Crippen molar-refractivity contribution in [3.8, 4) is 0 Å². The SMILES string of the molecule is CC(C)S(=O)(=O)NCC1CCCN(C(=O)Nc2cccc(F)c2)C1. The molecule has 0 aromatic heterocycles. The number of nitrogens with one attached hydrogen (secondary N) is 2. The highest BCUT2D eigenvalue weighted by Crippen LogP contribution is 2.18. The van der Waals surface area contributed by atoms with E-state index in [0.717, 1.165) is 12.8 Å². The van der Waals surface area contributed by atoms with Crippen LogP contribution in [0.25, 0.3) is 0 Å². The molecule has 1 aromatic carbocycles. The summed E-state index contributed by atoms with van der Waals surface area (Å²) in [7, 11) is -3.30. The van der Waals surface area contributed by atoms with E-state index in [1.807, 2.05) is 0 Å². The van der Waals surface area contributed by atoms with Gasteiger partial charge in [0.1, 0.15) is 5.82 Å². The number of halogens is 1. The molecule has 1 fully saturated rings. The van der Waals surface area contributed by atoms with Crippen molar-refractivity contribution in [3.05, 3.63) is 30.1 Å². The van der Waals surface area contributed by atoms with Gasteiger partial charge in [-0.25, -0.2) is 22.3 Å². The van der Waals surface area contributed by atoms with Gasteiger partial charge in [-0.2, -0.15) is 0 Å². The summed E-state index contributed by atoms with van der Waals surface area (Å²) in [4.78, 5) is 13.9. The van der Waals surface area contributed by atoms with Gasteiger partial charge in [-0.05, 0) is 50.8 Å². The van der Waals surface area contributed by atoms with Gasteiger partial charge in [-0.1, -0.05) is 6.07 Å². The Balaban J connectivity index is 1.89. The monoisotopic (exact) mass is 357 g/mol. The second-order valence-electron chi connectivity index (χ2n) is 6.34. The minimum atomic E-state index is -3.30. The third-order valence-corrected chi connectivity index (χ3v) is 5.89. The minimum absolute atomic E-state index is 0.0746. The number of piperidine rings is 1. The Labute approximate surface area is 142 Å². The molecule has 1 saturated heterocycles. The highest BCUT2D eigenvalue weighted by atomic mass is 32.2. The number of amides is 2. The lowest BCUT2D eigenvalue weighted by Gasteiger charge is -2.33. The van der Waals surface area contributed by atoms with Gasteiger partial charge in [0.2, 0.25) is 10.0 Å². The van der Waals surface area contributed by atoms with Crippen LogP contribution < -0.4 is 10.0 Å². The highest BCUT2D eigenvalue weighted by Gasteiger charge is 2.25. The van der Waals surface area contributed by atoms with Gasteiger partial charge in [0.15, 0.2) is 0 Å². The highest BCUT2D eigenvalue weighted by molar-refractivity contribution is 7.90. The van der Waals surface area contributed by atoms with Gasteiger partial charge in [-0.3, -0.25) is 0 Å². The maximum Gasteiger partial charge on any atom is 0.321 e. The smallest absolute Gasteiger partial charge is 0.321 e. The molecule has 0 bridgehead atoms. The van der Waals surface area contributed by atoms with Crippen LogP contribution in [0.3, 0.4) is 0 Å². The predicted molar refractivity (Wildman–Crippen MR) is 91.8 cm³/mol. The van der Waals surface area contributed by atoms with E-state index < -0.39 is 21.1 Å². The molecule has 8 heteroatoms. The molecule has 1 unspecified atom stereocenters. The minimum Gasteiger partial charge on any atom is -0.324 e. The third kappa shape index (κ3) is 5.17. The zero-order valence-electron chi connectivity index (χ0n) is 14.0. The van der Waals surface area contributed by atoms with Crippen LogP contribution in [0.1, 0.15) is 26.7 Å². The molecule has 2 amide bonds. The van der Waals surface area contributed by atoms with Crippen molar-refractivity contribution in [2.45, 2.75) is 31.9 Å². The van der Waals surface area contributed by atoms with E-state index in [-0.39, 0.29) is 11.9 Å². The Hall–Kier alpha value is -1.67. The summed E-state index contributed by atoms with van der Waals surface area (Å²) in [5, 5.41) is 2.19. The van der Waals surface area contributed by atoms with Crippen LogP contribution in [0.5, 0.6) is 0 Å². The maximum absolute atomic E-state index is 13.2. The van der Waals surface area contributed by atoms with Crippen LogP contribution in [0.2, 0.25) is 0 Å². The zero-order chi connectivity index (χ0) is 17.7. The number of hydrogen-bond acceptors (Lipinski definition) is 3. The molecule has 1 heterocycles. The number of sulfonamides is 1. The van der Waals surface area contributed by atoms with E-state index in [1.54, 1.807) is 24.8 Å². The number of carbonyl (C=O) groups excluding carboxylic acids is 1. The van der Waals surface area contributed by atoms with Gasteiger partial charge >= 0.3 is 6.03 Å². The molecule has 0 saturated carbocycles. The van der Waals surface area contributed by atoms with E-state index in [2.05, 4.69) is 10.0 Å². The van der Waals surface area contributed by atoms with E-state index in [1.165, 1.54) is 18.2 Å². The molecule has 0 aliphatic carbocycles. The Morgan fingerprint density at radius 1 is 1.42 bits per heavy atom. The molecule has 0 radical (unpaired) electrons. The Morgan fingerprint density at radius 2 is 2.17 bits per heavy atom. The third-order valence-electron chi connectivity index (χ3n) is 4.08. The van der Waals surface area contributed by atoms with Crippen molar-refractivity contribution < 1.29 is 17.6 Å². The first-order valence-corrected chi connectivity index (χ1v) is 9.62. The Bertz CT molecular complexity index is 679. The summed E-state index contributed by atoms with van der Waals surface area (Å²) >= 11 is 0. The summed E-state index contributed by atoms with van der Waals surface area (Å²) in [6.07, 6.45) is 1.68. The van der Waals surface area contributed by atoms with Crippen LogP contribution in [0.4, 0.5) is 14.9 Å². The number of urea groups is 1. The second-order valence-corrected chi connectivity index (χ2v) is 8.66. The van der Waals surface area contributed by atoms with Crippen LogP contribution in [0, 0.1) is 11.7 Å². The average Bonchev–Trinajstić information content (AvgIpc) is 2.53. The second kappa shape index (κ2) is 7.94. The number of nitrogens with zero attached hydrogens (tertiary/aromatic N) is 1. The van der Waals surface area contributed by atoms with Crippen molar-refractivity contribution >= 4 is 21.7 Å². The molecule has 2 N–H and O–H groups in total. The Kier molecular flexibility index (Phi) is 6.17. The lowest BCUT2D eigenvalue weighted by molar-refractivity contribution is 0.178. The van der Waals surface area contributed by atoms with Crippen LogP contribution in [-0.4, -0.2) is 44.2 Å². The lowest BCUT2D eigenvalue weighted by atomic mass is 9.99. The fourth-order valence-electron chi connectivity index (χ4n) is 2.59. The number of benzene rings is 1. The van der Waals surface area contributed by atoms with Gasteiger partial charge in [-0.15, -0.1) is 0 Å². The first kappa shape index (κ1) is 18.7. The molecular formula is C16H24FN3O3S. The van der Waals surface area contributed by atoms with Crippen molar-refractivity contribution in [2.75, 3.05) is 25.0 Å². The van der Waals surface area contributed by atoms with Gasteiger partial charge < -0.3 is 10.2 Å². The standard InChI is InChI=1S/C16H24FN3O3S/c1-12(2)24(22,23)18-10-13-5-4-8-20(11-13)16(21)19-15-7-3-6-14(17)9-15/h3,6-7,9,12-13,18H,4-5,8,10-11H2,1-2H3,(H,19,21). The number of rotatable bonds is 5. The number of likely N-dealkylation sites (tertiary alicyclic amines) is 1. The van der Waals surface area contributed by atoms with E-state index >= 15 is 0 Å². The Morgan fingerprint density at radius 3 is 2.83 bits per heavy atom. The van der Waals surface area contributed by atoms with Crippen LogP contribution >= 0.6 is 0 Å². The largest absolute Gasteiger partial charge is 0.324 e. The predicted octanol–water partition coefficient (Wildman–Crippen LogP) is 2.40. The molecule has 1 aliphatic heterocycles. The molecule has 0 spiro atoms. The zero-order valence-corrected chi connectivity index (χ0v) is 14.8. The summed E-state index contributed by atoms with van der Waals surface area (Å²) in [5.74, 6) is -0.335. The van der Waals surface area contributed by atoms with Crippen molar-refractivity contribution in [2.24, 2.45) is 5.92 Å². The lowest BCUT2D eigenvalue weighted by Crippen LogP contribution is -2.46. The number of carbonyl (C=O) groups is 1. The molecule has 134 valence electrons. The van der Waals surface area contributed by atoms with Gasteiger partial charge in [0.25, 0.3) is 0 Å². The fourth-order valence-corrected chi connectivity index (χ4v) is 3.39. The summed E-state index contributed by atoms with van der Waals surface area (Å²) < 4.78 is 39.4.